The summed E-state index contributed by atoms with van der Waals surface area (Å²) in [7, 11) is 1.93. The second-order valence-electron chi connectivity index (χ2n) is 6.99. The van der Waals surface area contributed by atoms with E-state index in [2.05, 4.69) is 31.0 Å². The van der Waals surface area contributed by atoms with Crippen molar-refractivity contribution in [2.24, 2.45) is 12.0 Å². The Morgan fingerprint density at radius 1 is 0.828 bits per heavy atom. The molecule has 0 spiro atoms. The van der Waals surface area contributed by atoms with Gasteiger partial charge < -0.3 is 4.57 Å². The molecule has 5 heteroatoms. The molecule has 0 unspecified atom stereocenters. The maximum atomic E-state index is 12.7. The molecule has 1 aromatic heterocycles. The number of hydrogen-bond acceptors (Lipinski definition) is 3. The molecule has 0 bridgehead atoms. The van der Waals surface area contributed by atoms with Gasteiger partial charge in [0, 0.05) is 23.7 Å². The van der Waals surface area contributed by atoms with Crippen molar-refractivity contribution in [3.05, 3.63) is 99.3 Å². The zero-order valence-electron chi connectivity index (χ0n) is 16.5. The Morgan fingerprint density at radius 2 is 1.45 bits per heavy atom. The lowest BCUT2D eigenvalue weighted by Crippen LogP contribution is -2.14. The van der Waals surface area contributed by atoms with Crippen LogP contribution in [0.5, 0.6) is 0 Å². The number of carbonyl (C=O) groups is 2. The van der Waals surface area contributed by atoms with Gasteiger partial charge in [-0.3, -0.25) is 9.59 Å². The summed E-state index contributed by atoms with van der Waals surface area (Å²) in [5, 5.41) is 0. The molecule has 1 amide bonds. The molecule has 1 heterocycles. The summed E-state index contributed by atoms with van der Waals surface area (Å²) in [6.45, 7) is 4.16. The molecule has 0 N–H and O–H groups in total. The van der Waals surface area contributed by atoms with E-state index in [1.54, 1.807) is 36.4 Å². The molecule has 0 saturated carbocycles. The third-order valence-corrected chi connectivity index (χ3v) is 6.21. The van der Waals surface area contributed by atoms with Crippen LogP contribution in [0.3, 0.4) is 0 Å². The highest BCUT2D eigenvalue weighted by Gasteiger charge is 2.12. The van der Waals surface area contributed by atoms with E-state index in [1.165, 1.54) is 22.5 Å². The van der Waals surface area contributed by atoms with E-state index in [4.69, 9.17) is 0 Å². The number of amides is 1. The Hall–Kier alpha value is -3.31. The topological polar surface area (TPSA) is 51.4 Å². The number of aromatic nitrogens is 1. The van der Waals surface area contributed by atoms with Gasteiger partial charge in [0.1, 0.15) is 0 Å². The van der Waals surface area contributed by atoms with E-state index in [-0.39, 0.29) is 11.7 Å². The number of thiazole rings is 1. The van der Waals surface area contributed by atoms with E-state index >= 15 is 0 Å². The quantitative estimate of drug-likeness (QED) is 0.463. The van der Waals surface area contributed by atoms with E-state index in [9.17, 15) is 9.59 Å². The molecular formula is C24H20N2O2S. The summed E-state index contributed by atoms with van der Waals surface area (Å²) in [4.78, 5) is 30.2. The van der Waals surface area contributed by atoms with Crippen LogP contribution in [0, 0.1) is 13.8 Å². The Labute approximate surface area is 172 Å². The lowest BCUT2D eigenvalue weighted by molar-refractivity contribution is 0.0994. The van der Waals surface area contributed by atoms with Crippen LogP contribution in [0.4, 0.5) is 0 Å². The minimum Gasteiger partial charge on any atom is -0.319 e. The fourth-order valence-electron chi connectivity index (χ4n) is 3.31. The normalized spacial score (nSPS) is 11.8. The predicted molar refractivity (Wildman–Crippen MR) is 116 cm³/mol. The van der Waals surface area contributed by atoms with Gasteiger partial charge in [0.2, 0.25) is 0 Å². The molecule has 0 saturated heterocycles. The second-order valence-corrected chi connectivity index (χ2v) is 8.00. The predicted octanol–water partition coefficient (Wildman–Crippen LogP) is 4.83. The van der Waals surface area contributed by atoms with E-state index in [0.717, 1.165) is 10.2 Å². The van der Waals surface area contributed by atoms with Gasteiger partial charge in [-0.2, -0.15) is 4.99 Å². The lowest BCUT2D eigenvalue weighted by Gasteiger charge is -2.03. The standard InChI is InChI=1S/C24H20N2O2S/c1-15-9-14-20-21(16(15)2)26(3)24(29-20)25-23(28)19-12-10-18(11-13-19)22(27)17-7-5-4-6-8-17/h4-14H,1-3H3. The number of carbonyl (C=O) groups excluding carboxylic acids is 2. The van der Waals surface area contributed by atoms with Gasteiger partial charge in [-0.1, -0.05) is 59.9 Å². The maximum Gasteiger partial charge on any atom is 0.279 e. The van der Waals surface area contributed by atoms with Crippen LogP contribution in [-0.4, -0.2) is 16.3 Å². The molecule has 4 aromatic rings. The summed E-state index contributed by atoms with van der Waals surface area (Å²) in [6, 6.07) is 19.9. The zero-order chi connectivity index (χ0) is 20.5. The van der Waals surface area contributed by atoms with Crippen molar-refractivity contribution in [1.82, 2.24) is 4.57 Å². The van der Waals surface area contributed by atoms with Crippen LogP contribution in [0.15, 0.2) is 71.7 Å². The Morgan fingerprint density at radius 3 is 2.14 bits per heavy atom. The number of hydrogen-bond donors (Lipinski definition) is 0. The first-order chi connectivity index (χ1) is 14.0. The van der Waals surface area contributed by atoms with E-state index < -0.39 is 0 Å². The van der Waals surface area contributed by atoms with Crippen molar-refractivity contribution in [3.63, 3.8) is 0 Å². The number of aryl methyl sites for hydroxylation is 3. The SMILES string of the molecule is Cc1ccc2sc(=NC(=O)c3ccc(C(=O)c4ccccc4)cc3)n(C)c2c1C. The third-order valence-electron chi connectivity index (χ3n) is 5.12. The van der Waals surface area contributed by atoms with Gasteiger partial charge in [-0.15, -0.1) is 0 Å². The van der Waals surface area contributed by atoms with Gasteiger partial charge in [0.05, 0.1) is 10.2 Å². The first kappa shape index (κ1) is 19.0. The van der Waals surface area contributed by atoms with Gasteiger partial charge in [-0.25, -0.2) is 0 Å². The molecule has 0 radical (unpaired) electrons. The van der Waals surface area contributed by atoms with Crippen molar-refractivity contribution >= 4 is 33.2 Å². The second kappa shape index (κ2) is 7.60. The highest BCUT2D eigenvalue weighted by Crippen LogP contribution is 2.23. The molecule has 0 aliphatic heterocycles. The first-order valence-corrected chi connectivity index (χ1v) is 10.1. The van der Waals surface area contributed by atoms with Crippen LogP contribution in [0.1, 0.15) is 37.4 Å². The summed E-state index contributed by atoms with van der Waals surface area (Å²) >= 11 is 1.50. The molecule has 4 rings (SSSR count). The fraction of sp³-hybridized carbons (Fsp3) is 0.125. The van der Waals surface area contributed by atoms with Gasteiger partial charge >= 0.3 is 0 Å². The number of benzene rings is 3. The molecule has 4 nitrogen and oxygen atoms in total. The van der Waals surface area contributed by atoms with Crippen molar-refractivity contribution < 1.29 is 9.59 Å². The van der Waals surface area contributed by atoms with Crippen molar-refractivity contribution in [1.29, 1.82) is 0 Å². The molecule has 144 valence electrons. The molecule has 3 aromatic carbocycles. The average molecular weight is 401 g/mol. The highest BCUT2D eigenvalue weighted by atomic mass is 32.1. The number of fused-ring (bicyclic) bond motifs is 1. The number of nitrogens with zero attached hydrogens (tertiary/aromatic N) is 2. The van der Waals surface area contributed by atoms with Crippen LogP contribution in [0.2, 0.25) is 0 Å². The van der Waals surface area contributed by atoms with Crippen LogP contribution >= 0.6 is 11.3 Å². The van der Waals surface area contributed by atoms with E-state index in [0.29, 0.717) is 21.5 Å². The minimum atomic E-state index is -0.319. The van der Waals surface area contributed by atoms with Crippen molar-refractivity contribution in [2.75, 3.05) is 0 Å². The maximum absolute atomic E-state index is 12.7. The first-order valence-electron chi connectivity index (χ1n) is 9.30. The van der Waals surface area contributed by atoms with E-state index in [1.807, 2.05) is 29.8 Å². The summed E-state index contributed by atoms with van der Waals surface area (Å²) < 4.78 is 3.07. The zero-order valence-corrected chi connectivity index (χ0v) is 17.3. The number of rotatable bonds is 3. The lowest BCUT2D eigenvalue weighted by atomic mass is 10.0. The Kier molecular flexibility index (Phi) is 4.99. The summed E-state index contributed by atoms with van der Waals surface area (Å²) in [6.07, 6.45) is 0. The summed E-state index contributed by atoms with van der Waals surface area (Å²) in [5.41, 5.74) is 5.14. The molecule has 29 heavy (non-hydrogen) atoms. The van der Waals surface area contributed by atoms with Crippen LogP contribution in [-0.2, 0) is 7.05 Å². The number of ketones is 1. The van der Waals surface area contributed by atoms with Gasteiger partial charge in [0.25, 0.3) is 5.91 Å². The average Bonchev–Trinajstić information content (AvgIpc) is 3.07. The molecular weight excluding hydrogens is 380 g/mol. The smallest absolute Gasteiger partial charge is 0.279 e. The van der Waals surface area contributed by atoms with Crippen molar-refractivity contribution in [3.8, 4) is 0 Å². The monoisotopic (exact) mass is 400 g/mol. The highest BCUT2D eigenvalue weighted by molar-refractivity contribution is 7.16. The Balaban J connectivity index is 1.66. The molecule has 0 fully saturated rings. The van der Waals surface area contributed by atoms with Crippen molar-refractivity contribution in [2.45, 2.75) is 13.8 Å². The third kappa shape index (κ3) is 3.57. The summed E-state index contributed by atoms with van der Waals surface area (Å²) in [5.74, 6) is -0.386. The molecule has 0 aliphatic carbocycles. The minimum absolute atomic E-state index is 0.0664. The fourth-order valence-corrected chi connectivity index (χ4v) is 4.38. The van der Waals surface area contributed by atoms with Crippen LogP contribution in [0.25, 0.3) is 10.2 Å². The Bertz CT molecular complexity index is 1300. The largest absolute Gasteiger partial charge is 0.319 e. The van der Waals surface area contributed by atoms with Crippen LogP contribution < -0.4 is 4.80 Å². The molecule has 0 atom stereocenters. The molecule has 0 aliphatic rings. The van der Waals surface area contributed by atoms with Gasteiger partial charge in [0.15, 0.2) is 10.6 Å². The van der Waals surface area contributed by atoms with Gasteiger partial charge in [-0.05, 0) is 43.2 Å².